The molecule has 0 saturated carbocycles. The molecule has 1 aliphatic rings. The van der Waals surface area contributed by atoms with Gasteiger partial charge in [-0.05, 0) is 87.0 Å². The lowest BCUT2D eigenvalue weighted by molar-refractivity contribution is 0.0925. The molecule has 1 aliphatic heterocycles. The predicted octanol–water partition coefficient (Wildman–Crippen LogP) is 6.90. The Morgan fingerprint density at radius 2 is 1.11 bits per heavy atom. The monoisotopic (exact) mass is 463 g/mol. The molecule has 0 aliphatic carbocycles. The van der Waals surface area contributed by atoms with Gasteiger partial charge in [-0.3, -0.25) is 9.59 Å². The van der Waals surface area contributed by atoms with Crippen LogP contribution in [-0.2, 0) is 5.60 Å². The van der Waals surface area contributed by atoms with Crippen LogP contribution in [0.2, 0.25) is 0 Å². The smallest absolute Gasteiger partial charge is 0.266 e. The minimum absolute atomic E-state index is 0.315. The maximum Gasteiger partial charge on any atom is 0.266 e. The summed E-state index contributed by atoms with van der Waals surface area (Å²) >= 11 is 0. The van der Waals surface area contributed by atoms with Gasteiger partial charge >= 0.3 is 0 Å². The third-order valence-corrected chi connectivity index (χ3v) is 6.07. The highest BCUT2D eigenvalue weighted by Crippen LogP contribution is 2.32. The van der Waals surface area contributed by atoms with Gasteiger partial charge < -0.3 is 9.47 Å². The van der Waals surface area contributed by atoms with Gasteiger partial charge in [0.2, 0.25) is 0 Å². The molecule has 0 saturated heterocycles. The third-order valence-electron chi connectivity index (χ3n) is 6.07. The van der Waals surface area contributed by atoms with Crippen molar-refractivity contribution in [3.63, 3.8) is 0 Å². The number of ether oxygens (including phenoxy) is 2. The molecule has 1 heterocycles. The molecule has 0 aromatic heterocycles. The number of amides is 2. The zero-order chi connectivity index (χ0) is 24.6. The van der Waals surface area contributed by atoms with Crippen molar-refractivity contribution in [2.45, 2.75) is 26.4 Å². The van der Waals surface area contributed by atoms with Gasteiger partial charge in [-0.25, -0.2) is 4.90 Å². The number of fused-ring (bicyclic) bond motifs is 1. The minimum atomic E-state index is -0.512. The van der Waals surface area contributed by atoms with Crippen molar-refractivity contribution in [3.05, 3.63) is 119 Å². The summed E-state index contributed by atoms with van der Waals surface area (Å²) in [6.45, 7) is 6.10. The van der Waals surface area contributed by atoms with E-state index in [1.807, 2.05) is 69.3 Å². The fourth-order valence-electron chi connectivity index (χ4n) is 4.11. The van der Waals surface area contributed by atoms with Crippen LogP contribution in [0.25, 0.3) is 0 Å². The molecular weight excluding hydrogens is 438 g/mol. The maximum atomic E-state index is 12.7. The molecule has 0 spiro atoms. The van der Waals surface area contributed by atoms with Crippen molar-refractivity contribution >= 4 is 17.5 Å². The summed E-state index contributed by atoms with van der Waals surface area (Å²) in [7, 11) is 0. The summed E-state index contributed by atoms with van der Waals surface area (Å²) in [5.41, 5.74) is 3.05. The third kappa shape index (κ3) is 4.41. The second-order valence-electron chi connectivity index (χ2n) is 9.04. The van der Waals surface area contributed by atoms with Crippen LogP contribution in [0.5, 0.6) is 17.2 Å². The number of imide groups is 1. The van der Waals surface area contributed by atoms with Gasteiger partial charge in [0.05, 0.1) is 16.8 Å². The van der Waals surface area contributed by atoms with E-state index in [1.54, 1.807) is 48.5 Å². The maximum absolute atomic E-state index is 12.7. The predicted molar refractivity (Wildman–Crippen MR) is 135 cm³/mol. The number of carbonyl (C=O) groups excluding carboxylic acids is 2. The first-order chi connectivity index (χ1) is 16.8. The van der Waals surface area contributed by atoms with Crippen LogP contribution < -0.4 is 14.4 Å². The average Bonchev–Trinajstić information content (AvgIpc) is 3.11. The number of benzene rings is 4. The Morgan fingerprint density at radius 3 is 1.66 bits per heavy atom. The van der Waals surface area contributed by atoms with E-state index in [2.05, 4.69) is 0 Å². The Morgan fingerprint density at radius 1 is 0.629 bits per heavy atom. The van der Waals surface area contributed by atoms with E-state index in [0.717, 1.165) is 11.3 Å². The minimum Gasteiger partial charge on any atom is -0.483 e. The Bertz CT molecular complexity index is 1350. The fourth-order valence-corrected chi connectivity index (χ4v) is 4.11. The van der Waals surface area contributed by atoms with Crippen LogP contribution in [0.1, 0.15) is 45.7 Å². The van der Waals surface area contributed by atoms with E-state index >= 15 is 0 Å². The van der Waals surface area contributed by atoms with Gasteiger partial charge in [0.1, 0.15) is 22.8 Å². The molecule has 0 N–H and O–H groups in total. The van der Waals surface area contributed by atoms with Gasteiger partial charge in [-0.15, -0.1) is 0 Å². The SMILES string of the molecule is Cc1ccc(OC(C)(C)c2ccc(Oc3ccc(N4C(=O)c5ccccc5C4=O)cc3)cc2)cc1. The van der Waals surface area contributed by atoms with Crippen molar-refractivity contribution in [2.75, 3.05) is 4.90 Å². The lowest BCUT2D eigenvalue weighted by atomic mass is 9.98. The van der Waals surface area contributed by atoms with Crippen LogP contribution in [0.3, 0.4) is 0 Å². The number of hydrogen-bond donors (Lipinski definition) is 0. The topological polar surface area (TPSA) is 55.8 Å². The molecule has 5 heteroatoms. The van der Waals surface area contributed by atoms with Crippen LogP contribution in [-0.4, -0.2) is 11.8 Å². The second kappa shape index (κ2) is 8.76. The molecule has 0 atom stereocenters. The first kappa shape index (κ1) is 22.4. The molecule has 0 radical (unpaired) electrons. The van der Waals surface area contributed by atoms with Gasteiger partial charge in [0.25, 0.3) is 11.8 Å². The standard InChI is InChI=1S/C30H25NO4/c1-20-8-14-25(15-9-20)35-30(2,3)21-10-16-23(17-11-21)34-24-18-12-22(13-19-24)31-28(32)26-6-4-5-7-27(26)29(31)33/h4-19H,1-3H3. The molecule has 4 aromatic carbocycles. The van der Waals surface area contributed by atoms with E-state index in [9.17, 15) is 9.59 Å². The second-order valence-corrected chi connectivity index (χ2v) is 9.04. The molecule has 5 nitrogen and oxygen atoms in total. The number of nitrogens with zero attached hydrogens (tertiary/aromatic N) is 1. The number of aryl methyl sites for hydroxylation is 1. The summed E-state index contributed by atoms with van der Waals surface area (Å²) in [6.07, 6.45) is 0. The van der Waals surface area contributed by atoms with Crippen LogP contribution in [0, 0.1) is 6.92 Å². The van der Waals surface area contributed by atoms with Gasteiger partial charge in [-0.2, -0.15) is 0 Å². The van der Waals surface area contributed by atoms with Crippen molar-refractivity contribution in [3.8, 4) is 17.2 Å². The number of rotatable bonds is 6. The summed E-state index contributed by atoms with van der Waals surface area (Å²) in [6, 6.07) is 29.5. The summed E-state index contributed by atoms with van der Waals surface area (Å²) in [5, 5.41) is 0. The fraction of sp³-hybridized carbons (Fsp3) is 0.133. The first-order valence-corrected chi connectivity index (χ1v) is 11.4. The van der Waals surface area contributed by atoms with Gasteiger partial charge in [-0.1, -0.05) is 42.0 Å². The Hall–Kier alpha value is -4.38. The Kier molecular flexibility index (Phi) is 5.61. The molecule has 4 aromatic rings. The van der Waals surface area contributed by atoms with E-state index in [0.29, 0.717) is 28.3 Å². The number of anilines is 1. The molecule has 5 rings (SSSR count). The summed E-state index contributed by atoms with van der Waals surface area (Å²) in [4.78, 5) is 26.6. The van der Waals surface area contributed by atoms with Crippen LogP contribution in [0.15, 0.2) is 97.1 Å². The van der Waals surface area contributed by atoms with Crippen molar-refractivity contribution < 1.29 is 19.1 Å². The van der Waals surface area contributed by atoms with E-state index in [1.165, 1.54) is 10.5 Å². The molecule has 174 valence electrons. The lowest BCUT2D eigenvalue weighted by Crippen LogP contribution is -2.29. The first-order valence-electron chi connectivity index (χ1n) is 11.4. The Balaban J connectivity index is 1.27. The number of hydrogen-bond acceptors (Lipinski definition) is 4. The molecule has 0 bridgehead atoms. The Labute approximate surface area is 204 Å². The quantitative estimate of drug-likeness (QED) is 0.292. The summed E-state index contributed by atoms with van der Waals surface area (Å²) in [5.74, 6) is 1.47. The average molecular weight is 464 g/mol. The van der Waals surface area contributed by atoms with Crippen molar-refractivity contribution in [2.24, 2.45) is 0 Å². The lowest BCUT2D eigenvalue weighted by Gasteiger charge is -2.27. The van der Waals surface area contributed by atoms with E-state index < -0.39 is 5.60 Å². The molecule has 0 unspecified atom stereocenters. The van der Waals surface area contributed by atoms with E-state index in [-0.39, 0.29) is 11.8 Å². The largest absolute Gasteiger partial charge is 0.483 e. The van der Waals surface area contributed by atoms with Crippen molar-refractivity contribution in [1.29, 1.82) is 0 Å². The van der Waals surface area contributed by atoms with Crippen LogP contribution in [0.4, 0.5) is 5.69 Å². The normalized spacial score (nSPS) is 13.1. The highest BCUT2D eigenvalue weighted by molar-refractivity contribution is 6.34. The molecule has 35 heavy (non-hydrogen) atoms. The molecule has 0 fully saturated rings. The summed E-state index contributed by atoms with van der Waals surface area (Å²) < 4.78 is 12.2. The zero-order valence-corrected chi connectivity index (χ0v) is 19.8. The molecule has 2 amide bonds. The molecular formula is C30H25NO4. The highest BCUT2D eigenvalue weighted by atomic mass is 16.5. The highest BCUT2D eigenvalue weighted by Gasteiger charge is 2.36. The zero-order valence-electron chi connectivity index (χ0n) is 19.8. The van der Waals surface area contributed by atoms with Gasteiger partial charge in [0.15, 0.2) is 0 Å². The van der Waals surface area contributed by atoms with Crippen molar-refractivity contribution in [1.82, 2.24) is 0 Å². The van der Waals surface area contributed by atoms with E-state index in [4.69, 9.17) is 9.47 Å². The van der Waals surface area contributed by atoms with Gasteiger partial charge in [0, 0.05) is 0 Å². The number of carbonyl (C=O) groups is 2. The van der Waals surface area contributed by atoms with Crippen LogP contribution >= 0.6 is 0 Å².